The van der Waals surface area contributed by atoms with Crippen LogP contribution < -0.4 is 16.0 Å². The van der Waals surface area contributed by atoms with Crippen molar-refractivity contribution in [3.05, 3.63) is 35.4 Å². The molecular weight excluding hydrogens is 362 g/mol. The van der Waals surface area contributed by atoms with Gasteiger partial charge in [0.25, 0.3) is 0 Å². The number of amides is 1. The number of nitrogens with zero attached hydrogens (tertiary/aromatic N) is 1. The van der Waals surface area contributed by atoms with E-state index in [9.17, 15) is 13.6 Å². The molecule has 3 rings (SSSR count). The van der Waals surface area contributed by atoms with Crippen LogP contribution in [0.5, 0.6) is 0 Å². The van der Waals surface area contributed by atoms with Gasteiger partial charge in [-0.3, -0.25) is 9.79 Å². The molecule has 28 heavy (non-hydrogen) atoms. The fourth-order valence-corrected chi connectivity index (χ4v) is 3.64. The Kier molecular flexibility index (Phi) is 7.23. The number of guanidine groups is 1. The number of aliphatic imine (C=N–C) groups is 1. The molecule has 1 aromatic carbocycles. The van der Waals surface area contributed by atoms with E-state index in [1.165, 1.54) is 6.07 Å². The molecule has 1 amide bonds. The highest BCUT2D eigenvalue weighted by Crippen LogP contribution is 2.26. The molecule has 2 aliphatic carbocycles. The topological polar surface area (TPSA) is 65.5 Å². The summed E-state index contributed by atoms with van der Waals surface area (Å²) in [5.41, 5.74) is 0.328. The van der Waals surface area contributed by atoms with E-state index in [0.717, 1.165) is 50.7 Å². The first-order valence-electron chi connectivity index (χ1n) is 10.3. The summed E-state index contributed by atoms with van der Waals surface area (Å²) in [4.78, 5) is 16.8. The lowest BCUT2D eigenvalue weighted by molar-refractivity contribution is -0.126. The second-order valence-electron chi connectivity index (χ2n) is 7.73. The summed E-state index contributed by atoms with van der Waals surface area (Å²) in [5.74, 6) is 0.0377. The van der Waals surface area contributed by atoms with Crippen LogP contribution in [-0.4, -0.2) is 37.0 Å². The molecule has 2 aliphatic rings. The van der Waals surface area contributed by atoms with Crippen molar-refractivity contribution in [1.82, 2.24) is 16.0 Å². The molecule has 154 valence electrons. The van der Waals surface area contributed by atoms with Gasteiger partial charge in [-0.25, -0.2) is 8.78 Å². The highest BCUT2D eigenvalue weighted by Gasteiger charge is 2.31. The molecule has 5 nitrogen and oxygen atoms in total. The molecule has 0 bridgehead atoms. The lowest BCUT2D eigenvalue weighted by Gasteiger charge is -2.30. The molecule has 2 atom stereocenters. The number of halogens is 2. The van der Waals surface area contributed by atoms with E-state index in [1.54, 1.807) is 0 Å². The molecule has 0 aromatic heterocycles. The zero-order valence-corrected chi connectivity index (χ0v) is 16.4. The Morgan fingerprint density at radius 2 is 1.96 bits per heavy atom. The Bertz CT molecular complexity index is 706. The van der Waals surface area contributed by atoms with Gasteiger partial charge >= 0.3 is 0 Å². The summed E-state index contributed by atoms with van der Waals surface area (Å²) >= 11 is 0. The van der Waals surface area contributed by atoms with Gasteiger partial charge in [-0.2, -0.15) is 0 Å². The van der Waals surface area contributed by atoms with Gasteiger partial charge in [0.2, 0.25) is 5.91 Å². The summed E-state index contributed by atoms with van der Waals surface area (Å²) in [6.07, 6.45) is 6.26. The number of hydrogen-bond acceptors (Lipinski definition) is 2. The van der Waals surface area contributed by atoms with Crippen molar-refractivity contribution in [1.29, 1.82) is 0 Å². The Hall–Kier alpha value is -2.18. The van der Waals surface area contributed by atoms with Gasteiger partial charge in [-0.1, -0.05) is 6.42 Å². The summed E-state index contributed by atoms with van der Waals surface area (Å²) in [7, 11) is 0. The largest absolute Gasteiger partial charge is 0.357 e. The van der Waals surface area contributed by atoms with Crippen molar-refractivity contribution in [2.24, 2.45) is 10.9 Å². The molecule has 7 heteroatoms. The molecule has 0 saturated heterocycles. The Labute approximate surface area is 165 Å². The number of hydrogen-bond donors (Lipinski definition) is 3. The molecule has 2 fully saturated rings. The number of carbonyl (C=O) groups excluding carboxylic acids is 1. The molecule has 0 heterocycles. The second-order valence-corrected chi connectivity index (χ2v) is 7.73. The molecule has 3 N–H and O–H groups in total. The minimum atomic E-state index is -0.442. The lowest BCUT2D eigenvalue weighted by atomic mass is 9.85. The number of nitrogens with one attached hydrogen (secondary N) is 3. The second kappa shape index (κ2) is 9.85. The smallest absolute Gasteiger partial charge is 0.223 e. The van der Waals surface area contributed by atoms with Crippen molar-refractivity contribution >= 4 is 11.9 Å². The highest BCUT2D eigenvalue weighted by molar-refractivity contribution is 5.81. The van der Waals surface area contributed by atoms with Crippen LogP contribution in [0.3, 0.4) is 0 Å². The Morgan fingerprint density at radius 3 is 2.71 bits per heavy atom. The van der Waals surface area contributed by atoms with Crippen LogP contribution in [0.2, 0.25) is 0 Å². The minimum absolute atomic E-state index is 0.0520. The standard InChI is InChI=1S/C21H30F2N4O/c1-2-24-21(25-11-10-14-12-16(22)6-9-19(14)23)27-18-5-3-4-15(13-18)20(28)26-17-7-8-17/h6,9,12,15,17-18H,2-5,7-8,10-11,13H2,1H3,(H,26,28)(H2,24,25,27). The molecule has 1 aromatic rings. The molecular formula is C21H30F2N4O. The predicted molar refractivity (Wildman–Crippen MR) is 106 cm³/mol. The predicted octanol–water partition coefficient (Wildman–Crippen LogP) is 2.90. The molecule has 0 aliphatic heterocycles. The van der Waals surface area contributed by atoms with Crippen LogP contribution in [0.4, 0.5) is 8.78 Å². The Balaban J connectivity index is 1.53. The first-order valence-corrected chi connectivity index (χ1v) is 10.3. The van der Waals surface area contributed by atoms with Gasteiger partial charge in [0.15, 0.2) is 5.96 Å². The number of carbonyl (C=O) groups is 1. The van der Waals surface area contributed by atoms with Gasteiger partial charge in [-0.05, 0) is 69.2 Å². The molecule has 0 radical (unpaired) electrons. The summed E-state index contributed by atoms with van der Waals surface area (Å²) in [6, 6.07) is 4.06. The normalized spacial score (nSPS) is 22.6. The van der Waals surface area contributed by atoms with E-state index >= 15 is 0 Å². The zero-order chi connectivity index (χ0) is 19.9. The van der Waals surface area contributed by atoms with Gasteiger partial charge in [0.05, 0.1) is 0 Å². The zero-order valence-electron chi connectivity index (χ0n) is 16.4. The van der Waals surface area contributed by atoms with Crippen molar-refractivity contribution in [2.75, 3.05) is 13.1 Å². The van der Waals surface area contributed by atoms with Crippen LogP contribution in [0.15, 0.2) is 23.2 Å². The maximum atomic E-state index is 13.7. The summed E-state index contributed by atoms with van der Waals surface area (Å²) < 4.78 is 27.0. The van der Waals surface area contributed by atoms with Gasteiger partial charge in [-0.15, -0.1) is 0 Å². The monoisotopic (exact) mass is 392 g/mol. The third-order valence-corrected chi connectivity index (χ3v) is 5.31. The third kappa shape index (κ3) is 6.17. The van der Waals surface area contributed by atoms with Crippen LogP contribution in [0.25, 0.3) is 0 Å². The van der Waals surface area contributed by atoms with Crippen molar-refractivity contribution < 1.29 is 13.6 Å². The number of rotatable bonds is 7. The number of benzene rings is 1. The first kappa shape index (κ1) is 20.6. The van der Waals surface area contributed by atoms with Crippen LogP contribution in [0, 0.1) is 17.6 Å². The molecule has 0 spiro atoms. The van der Waals surface area contributed by atoms with Crippen LogP contribution >= 0.6 is 0 Å². The van der Waals surface area contributed by atoms with Crippen molar-refractivity contribution in [3.63, 3.8) is 0 Å². The van der Waals surface area contributed by atoms with Gasteiger partial charge in [0.1, 0.15) is 11.6 Å². The SMILES string of the molecule is CCNC(=NCCc1cc(F)ccc1F)NC1CCCC(C(=O)NC2CC2)C1. The Morgan fingerprint density at radius 1 is 1.14 bits per heavy atom. The van der Waals surface area contributed by atoms with E-state index in [4.69, 9.17) is 0 Å². The van der Waals surface area contributed by atoms with Crippen LogP contribution in [-0.2, 0) is 11.2 Å². The van der Waals surface area contributed by atoms with Gasteiger partial charge < -0.3 is 16.0 Å². The maximum absolute atomic E-state index is 13.7. The van der Waals surface area contributed by atoms with Crippen molar-refractivity contribution in [3.8, 4) is 0 Å². The van der Waals surface area contributed by atoms with Gasteiger partial charge in [0, 0.05) is 31.1 Å². The van der Waals surface area contributed by atoms with Crippen LogP contribution in [0.1, 0.15) is 51.0 Å². The minimum Gasteiger partial charge on any atom is -0.357 e. The summed E-state index contributed by atoms with van der Waals surface area (Å²) in [5, 5.41) is 9.72. The fraction of sp³-hybridized carbons (Fsp3) is 0.619. The van der Waals surface area contributed by atoms with E-state index in [-0.39, 0.29) is 17.9 Å². The average Bonchev–Trinajstić information content (AvgIpc) is 3.49. The summed E-state index contributed by atoms with van der Waals surface area (Å²) in [6.45, 7) is 3.04. The van der Waals surface area contributed by atoms with E-state index in [0.29, 0.717) is 37.1 Å². The third-order valence-electron chi connectivity index (χ3n) is 5.31. The van der Waals surface area contributed by atoms with E-state index in [1.807, 2.05) is 6.92 Å². The average molecular weight is 392 g/mol. The van der Waals surface area contributed by atoms with E-state index in [2.05, 4.69) is 20.9 Å². The molecule has 2 saturated carbocycles. The maximum Gasteiger partial charge on any atom is 0.223 e. The first-order chi connectivity index (χ1) is 13.5. The molecule has 2 unspecified atom stereocenters. The quantitative estimate of drug-likeness (QED) is 0.494. The van der Waals surface area contributed by atoms with Crippen molar-refractivity contribution in [2.45, 2.75) is 64.0 Å². The fourth-order valence-electron chi connectivity index (χ4n) is 3.64. The lowest BCUT2D eigenvalue weighted by Crippen LogP contribution is -2.47. The van der Waals surface area contributed by atoms with E-state index < -0.39 is 11.6 Å². The highest BCUT2D eigenvalue weighted by atomic mass is 19.1.